The Balaban J connectivity index is 2.49. The summed E-state index contributed by atoms with van der Waals surface area (Å²) in [6, 6.07) is 3.75. The van der Waals surface area contributed by atoms with E-state index in [-0.39, 0.29) is 5.41 Å². The number of hydrogen-bond donors (Lipinski definition) is 1. The van der Waals surface area contributed by atoms with Crippen LogP contribution in [0.3, 0.4) is 0 Å². The lowest BCUT2D eigenvalue weighted by Crippen LogP contribution is -2.07. The van der Waals surface area contributed by atoms with Gasteiger partial charge in [0, 0.05) is 18.6 Å². The van der Waals surface area contributed by atoms with Crippen LogP contribution >= 0.6 is 0 Å². The van der Waals surface area contributed by atoms with Crippen LogP contribution in [-0.4, -0.2) is 11.2 Å². The van der Waals surface area contributed by atoms with E-state index < -0.39 is 0 Å². The summed E-state index contributed by atoms with van der Waals surface area (Å²) in [5, 5.41) is 4.11. The first-order chi connectivity index (χ1) is 6.08. The summed E-state index contributed by atoms with van der Waals surface area (Å²) in [6.07, 6.45) is 5.34. The SMILES string of the molecule is CC(C)(C)/C=N/Nc1ccncc1. The van der Waals surface area contributed by atoms with E-state index in [0.29, 0.717) is 0 Å². The van der Waals surface area contributed by atoms with Crippen LogP contribution in [0.5, 0.6) is 0 Å². The summed E-state index contributed by atoms with van der Waals surface area (Å²) in [6.45, 7) is 6.31. The molecular weight excluding hydrogens is 162 g/mol. The monoisotopic (exact) mass is 177 g/mol. The average molecular weight is 177 g/mol. The van der Waals surface area contributed by atoms with Crippen molar-refractivity contribution in [2.75, 3.05) is 5.43 Å². The molecule has 0 unspecified atom stereocenters. The molecule has 0 saturated carbocycles. The van der Waals surface area contributed by atoms with Crippen molar-refractivity contribution in [3.05, 3.63) is 24.5 Å². The molecule has 0 amide bonds. The van der Waals surface area contributed by atoms with Gasteiger partial charge in [-0.25, -0.2) is 0 Å². The van der Waals surface area contributed by atoms with Gasteiger partial charge in [0.15, 0.2) is 0 Å². The lowest BCUT2D eigenvalue weighted by atomic mass is 9.99. The van der Waals surface area contributed by atoms with E-state index in [9.17, 15) is 0 Å². The minimum Gasteiger partial charge on any atom is -0.279 e. The highest BCUT2D eigenvalue weighted by Crippen LogP contribution is 2.09. The maximum absolute atomic E-state index is 4.11. The Bertz CT molecular complexity index is 272. The van der Waals surface area contributed by atoms with E-state index in [1.807, 2.05) is 18.3 Å². The third kappa shape index (κ3) is 4.25. The van der Waals surface area contributed by atoms with Gasteiger partial charge < -0.3 is 0 Å². The Kier molecular flexibility index (Phi) is 3.01. The molecule has 0 saturated heterocycles. The Morgan fingerprint density at radius 1 is 1.31 bits per heavy atom. The van der Waals surface area contributed by atoms with Crippen molar-refractivity contribution in [2.45, 2.75) is 20.8 Å². The van der Waals surface area contributed by atoms with E-state index in [2.05, 4.69) is 36.3 Å². The van der Waals surface area contributed by atoms with Crippen molar-refractivity contribution < 1.29 is 0 Å². The van der Waals surface area contributed by atoms with Crippen LogP contribution < -0.4 is 5.43 Å². The maximum atomic E-state index is 4.11. The fourth-order valence-corrected chi connectivity index (χ4v) is 0.727. The Labute approximate surface area is 78.9 Å². The van der Waals surface area contributed by atoms with Gasteiger partial charge in [0.1, 0.15) is 0 Å². The highest BCUT2D eigenvalue weighted by molar-refractivity contribution is 5.65. The number of hydrazone groups is 1. The Hall–Kier alpha value is -1.38. The predicted octanol–water partition coefficient (Wildman–Crippen LogP) is 2.53. The second kappa shape index (κ2) is 4.03. The topological polar surface area (TPSA) is 37.3 Å². The number of rotatable bonds is 2. The first-order valence-corrected chi connectivity index (χ1v) is 4.28. The predicted molar refractivity (Wildman–Crippen MR) is 55.8 cm³/mol. The first kappa shape index (κ1) is 9.71. The first-order valence-electron chi connectivity index (χ1n) is 4.28. The van der Waals surface area contributed by atoms with Gasteiger partial charge in [-0.3, -0.25) is 10.4 Å². The van der Waals surface area contributed by atoms with E-state index in [4.69, 9.17) is 0 Å². The molecule has 3 heteroatoms. The van der Waals surface area contributed by atoms with Gasteiger partial charge in [-0.1, -0.05) is 20.8 Å². The zero-order valence-electron chi connectivity index (χ0n) is 8.28. The number of nitrogens with zero attached hydrogens (tertiary/aromatic N) is 2. The van der Waals surface area contributed by atoms with Gasteiger partial charge >= 0.3 is 0 Å². The molecule has 1 rings (SSSR count). The molecule has 3 nitrogen and oxygen atoms in total. The highest BCUT2D eigenvalue weighted by Gasteiger charge is 2.04. The summed E-state index contributed by atoms with van der Waals surface area (Å²) in [5.74, 6) is 0. The van der Waals surface area contributed by atoms with Crippen LogP contribution in [0.15, 0.2) is 29.6 Å². The van der Waals surface area contributed by atoms with Crippen molar-refractivity contribution in [1.29, 1.82) is 0 Å². The molecule has 0 radical (unpaired) electrons. The van der Waals surface area contributed by atoms with Crippen LogP contribution in [-0.2, 0) is 0 Å². The van der Waals surface area contributed by atoms with Crippen molar-refractivity contribution in [3.8, 4) is 0 Å². The molecule has 0 aliphatic carbocycles. The standard InChI is InChI=1S/C10H15N3/c1-10(2,3)8-12-13-9-4-6-11-7-5-9/h4-8H,1-3H3,(H,11,13)/b12-8+. The number of nitrogens with one attached hydrogen (secondary N) is 1. The second-order valence-electron chi connectivity index (χ2n) is 3.97. The Morgan fingerprint density at radius 2 is 1.92 bits per heavy atom. The van der Waals surface area contributed by atoms with Crippen LogP contribution in [0, 0.1) is 5.41 Å². The number of anilines is 1. The van der Waals surface area contributed by atoms with Gasteiger partial charge in [-0.15, -0.1) is 0 Å². The maximum Gasteiger partial charge on any atom is 0.0592 e. The van der Waals surface area contributed by atoms with Crippen LogP contribution in [0.25, 0.3) is 0 Å². The minimum absolute atomic E-state index is 0.111. The number of aromatic nitrogens is 1. The molecule has 1 aromatic heterocycles. The molecule has 0 aliphatic rings. The van der Waals surface area contributed by atoms with Crippen LogP contribution in [0.4, 0.5) is 5.69 Å². The average Bonchev–Trinajstić information content (AvgIpc) is 2.04. The molecule has 0 bridgehead atoms. The summed E-state index contributed by atoms with van der Waals surface area (Å²) >= 11 is 0. The van der Waals surface area contributed by atoms with Gasteiger partial charge in [-0.2, -0.15) is 5.10 Å². The summed E-state index contributed by atoms with van der Waals surface area (Å²) in [4.78, 5) is 3.91. The van der Waals surface area contributed by atoms with Crippen molar-refractivity contribution in [3.63, 3.8) is 0 Å². The second-order valence-corrected chi connectivity index (χ2v) is 3.97. The van der Waals surface area contributed by atoms with E-state index >= 15 is 0 Å². The quantitative estimate of drug-likeness (QED) is 0.556. The molecule has 70 valence electrons. The largest absolute Gasteiger partial charge is 0.279 e. The highest BCUT2D eigenvalue weighted by atomic mass is 15.3. The van der Waals surface area contributed by atoms with Crippen molar-refractivity contribution in [1.82, 2.24) is 4.98 Å². The fourth-order valence-electron chi connectivity index (χ4n) is 0.727. The molecule has 0 atom stereocenters. The number of hydrogen-bond acceptors (Lipinski definition) is 3. The molecular formula is C10H15N3. The van der Waals surface area contributed by atoms with Crippen molar-refractivity contribution in [2.24, 2.45) is 10.5 Å². The lowest BCUT2D eigenvalue weighted by molar-refractivity contribution is 0.606. The molecule has 13 heavy (non-hydrogen) atoms. The summed E-state index contributed by atoms with van der Waals surface area (Å²) in [7, 11) is 0. The number of pyridine rings is 1. The summed E-state index contributed by atoms with van der Waals surface area (Å²) < 4.78 is 0. The zero-order valence-corrected chi connectivity index (χ0v) is 8.28. The van der Waals surface area contributed by atoms with E-state index in [1.54, 1.807) is 12.4 Å². The molecule has 1 heterocycles. The lowest BCUT2D eigenvalue weighted by Gasteiger charge is -2.09. The van der Waals surface area contributed by atoms with Gasteiger partial charge in [0.2, 0.25) is 0 Å². The molecule has 0 aromatic carbocycles. The van der Waals surface area contributed by atoms with E-state index in [0.717, 1.165) is 5.69 Å². The van der Waals surface area contributed by atoms with Gasteiger partial charge in [0.05, 0.1) is 5.69 Å². The molecule has 0 fully saturated rings. The van der Waals surface area contributed by atoms with E-state index in [1.165, 1.54) is 0 Å². The molecule has 1 N–H and O–H groups in total. The van der Waals surface area contributed by atoms with Gasteiger partial charge in [0.25, 0.3) is 0 Å². The third-order valence-electron chi connectivity index (χ3n) is 1.33. The Morgan fingerprint density at radius 3 is 2.46 bits per heavy atom. The normalized spacial score (nSPS) is 11.9. The van der Waals surface area contributed by atoms with Crippen LogP contribution in [0.1, 0.15) is 20.8 Å². The van der Waals surface area contributed by atoms with Gasteiger partial charge in [-0.05, 0) is 17.5 Å². The minimum atomic E-state index is 0.111. The molecule has 1 aromatic rings. The summed E-state index contributed by atoms with van der Waals surface area (Å²) in [5.41, 5.74) is 4.00. The third-order valence-corrected chi connectivity index (χ3v) is 1.33. The van der Waals surface area contributed by atoms with Crippen molar-refractivity contribution >= 4 is 11.9 Å². The zero-order chi connectivity index (χ0) is 9.73. The molecule has 0 aliphatic heterocycles. The molecule has 0 spiro atoms. The van der Waals surface area contributed by atoms with Crippen LogP contribution in [0.2, 0.25) is 0 Å². The fraction of sp³-hybridized carbons (Fsp3) is 0.400. The smallest absolute Gasteiger partial charge is 0.0592 e.